The number of hydrogen-bond donors (Lipinski definition) is 0. The van der Waals surface area contributed by atoms with Crippen LogP contribution in [0.2, 0.25) is 0 Å². The van der Waals surface area contributed by atoms with Crippen LogP contribution >= 0.6 is 27.3 Å². The zero-order valence-corrected chi connectivity index (χ0v) is 7.86. The summed E-state index contributed by atoms with van der Waals surface area (Å²) in [6.45, 7) is 0. The average Bonchev–Trinajstić information content (AvgIpc) is 2.31. The van der Waals surface area contributed by atoms with Crippen LogP contribution in [-0.4, -0.2) is 4.92 Å². The maximum absolute atomic E-state index is 12.1. The molecule has 1 aromatic heterocycles. The van der Waals surface area contributed by atoms with Crippen LogP contribution in [0.15, 0.2) is 9.85 Å². The van der Waals surface area contributed by atoms with E-state index in [4.69, 9.17) is 0 Å². The predicted molar refractivity (Wildman–Crippen MR) is 43.6 cm³/mol. The lowest BCUT2D eigenvalue weighted by molar-refractivity contribution is -0.385. The Hall–Kier alpha value is -0.560. The van der Waals surface area contributed by atoms with E-state index in [-0.39, 0.29) is 0 Å². The van der Waals surface area contributed by atoms with E-state index < -0.39 is 21.9 Å². The zero-order valence-electron chi connectivity index (χ0n) is 5.46. The largest absolute Gasteiger partial charge is 0.290 e. The third kappa shape index (κ3) is 1.78. The minimum absolute atomic E-state index is 0.338. The predicted octanol–water partition coefficient (Wildman–Crippen LogP) is 3.36. The fourth-order valence-corrected chi connectivity index (χ4v) is 2.11. The van der Waals surface area contributed by atoms with Crippen molar-refractivity contribution in [3.63, 3.8) is 0 Å². The molecule has 0 saturated carbocycles. The number of hydrogen-bond acceptors (Lipinski definition) is 3. The topological polar surface area (TPSA) is 43.1 Å². The van der Waals surface area contributed by atoms with Crippen LogP contribution in [0.25, 0.3) is 0 Å². The van der Waals surface area contributed by atoms with Crippen molar-refractivity contribution in [1.29, 1.82) is 0 Å². The Labute approximate surface area is 78.3 Å². The standard InChI is InChI=1S/C5H2BrF2NO2S/c6-3-1-2(9(10)11)4(12-3)5(7)8/h1,5H. The molecule has 0 spiro atoms. The van der Waals surface area contributed by atoms with Gasteiger partial charge < -0.3 is 0 Å². The molecule has 1 rings (SSSR count). The van der Waals surface area contributed by atoms with Crippen molar-refractivity contribution in [3.05, 3.63) is 24.8 Å². The van der Waals surface area contributed by atoms with Gasteiger partial charge >= 0.3 is 0 Å². The lowest BCUT2D eigenvalue weighted by Gasteiger charge is -1.92. The summed E-state index contributed by atoms with van der Waals surface area (Å²) in [6, 6.07) is 1.08. The van der Waals surface area contributed by atoms with E-state index in [0.717, 1.165) is 6.07 Å². The molecule has 3 nitrogen and oxygen atoms in total. The maximum atomic E-state index is 12.1. The molecule has 1 aromatic rings. The van der Waals surface area contributed by atoms with Gasteiger partial charge in [-0.15, -0.1) is 11.3 Å². The Morgan fingerprint density at radius 2 is 2.25 bits per heavy atom. The van der Waals surface area contributed by atoms with Gasteiger partial charge in [0.15, 0.2) is 0 Å². The fraction of sp³-hybridized carbons (Fsp3) is 0.200. The highest BCUT2D eigenvalue weighted by Gasteiger charge is 2.24. The molecule has 7 heteroatoms. The first-order valence-electron chi connectivity index (χ1n) is 2.74. The molecule has 0 aromatic carbocycles. The van der Waals surface area contributed by atoms with Gasteiger partial charge in [0, 0.05) is 6.07 Å². The first-order valence-corrected chi connectivity index (χ1v) is 4.35. The summed E-state index contributed by atoms with van der Waals surface area (Å²) in [6.07, 6.45) is -2.79. The van der Waals surface area contributed by atoms with Crippen molar-refractivity contribution in [3.8, 4) is 0 Å². The van der Waals surface area contributed by atoms with E-state index in [0.29, 0.717) is 15.1 Å². The Morgan fingerprint density at radius 1 is 1.67 bits per heavy atom. The number of nitro groups is 1. The van der Waals surface area contributed by atoms with Crippen molar-refractivity contribution in [2.75, 3.05) is 0 Å². The summed E-state index contributed by atoms with van der Waals surface area (Å²) in [7, 11) is 0. The maximum Gasteiger partial charge on any atom is 0.290 e. The molecule has 0 bridgehead atoms. The van der Waals surface area contributed by atoms with Crippen molar-refractivity contribution < 1.29 is 13.7 Å². The first kappa shape index (κ1) is 9.53. The Morgan fingerprint density at radius 3 is 2.58 bits per heavy atom. The highest BCUT2D eigenvalue weighted by Crippen LogP contribution is 2.38. The summed E-state index contributed by atoms with van der Waals surface area (Å²) >= 11 is 3.58. The van der Waals surface area contributed by atoms with E-state index in [9.17, 15) is 18.9 Å². The molecule has 12 heavy (non-hydrogen) atoms. The summed E-state index contributed by atoms with van der Waals surface area (Å²) < 4.78 is 24.5. The van der Waals surface area contributed by atoms with Gasteiger partial charge in [-0.3, -0.25) is 10.1 Å². The fourth-order valence-electron chi connectivity index (χ4n) is 0.664. The van der Waals surface area contributed by atoms with Crippen molar-refractivity contribution in [2.45, 2.75) is 6.43 Å². The second-order valence-corrected chi connectivity index (χ2v) is 4.32. The second-order valence-electron chi connectivity index (χ2n) is 1.86. The molecule has 0 atom stereocenters. The van der Waals surface area contributed by atoms with E-state index >= 15 is 0 Å². The Balaban J connectivity index is 3.17. The molecule has 0 radical (unpaired) electrons. The summed E-state index contributed by atoms with van der Waals surface area (Å²) in [5.74, 6) is 0. The van der Waals surface area contributed by atoms with E-state index in [1.54, 1.807) is 0 Å². The monoisotopic (exact) mass is 257 g/mol. The van der Waals surface area contributed by atoms with Gasteiger partial charge in [-0.2, -0.15) is 0 Å². The lowest BCUT2D eigenvalue weighted by Crippen LogP contribution is -1.89. The van der Waals surface area contributed by atoms with Gasteiger partial charge in [-0.05, 0) is 15.9 Å². The molecule has 0 unspecified atom stereocenters. The van der Waals surface area contributed by atoms with Crippen molar-refractivity contribution >= 4 is 33.0 Å². The molecule has 0 saturated heterocycles. The van der Waals surface area contributed by atoms with Crippen LogP contribution < -0.4 is 0 Å². The van der Waals surface area contributed by atoms with E-state index in [2.05, 4.69) is 15.9 Å². The molecule has 0 N–H and O–H groups in total. The minimum atomic E-state index is -2.79. The van der Waals surface area contributed by atoms with Crippen LogP contribution in [0.5, 0.6) is 0 Å². The smallest absolute Gasteiger partial charge is 0.258 e. The van der Waals surface area contributed by atoms with Crippen LogP contribution in [0, 0.1) is 10.1 Å². The molecular weight excluding hydrogens is 256 g/mol. The van der Waals surface area contributed by atoms with Crippen LogP contribution in [0.4, 0.5) is 14.5 Å². The van der Waals surface area contributed by atoms with Crippen LogP contribution in [0.1, 0.15) is 11.3 Å². The normalized spacial score (nSPS) is 10.7. The second kappa shape index (κ2) is 3.44. The number of rotatable bonds is 2. The molecule has 0 aliphatic heterocycles. The number of halogens is 3. The van der Waals surface area contributed by atoms with Crippen LogP contribution in [-0.2, 0) is 0 Å². The number of nitrogens with zero attached hydrogens (tertiary/aromatic N) is 1. The SMILES string of the molecule is O=[N+]([O-])c1cc(Br)sc1C(F)F. The third-order valence-electron chi connectivity index (χ3n) is 1.11. The molecule has 0 aliphatic carbocycles. The summed E-state index contributed by atoms with van der Waals surface area (Å²) in [5.41, 5.74) is -0.526. The van der Waals surface area contributed by atoms with Crippen molar-refractivity contribution in [2.24, 2.45) is 0 Å². The molecule has 0 aliphatic rings. The quantitative estimate of drug-likeness (QED) is 0.603. The Kier molecular flexibility index (Phi) is 2.73. The highest BCUT2D eigenvalue weighted by atomic mass is 79.9. The third-order valence-corrected chi connectivity index (χ3v) is 2.74. The molecular formula is C5H2BrF2NO2S. The summed E-state index contributed by atoms with van der Waals surface area (Å²) in [5, 5.41) is 10.2. The highest BCUT2D eigenvalue weighted by molar-refractivity contribution is 9.11. The molecule has 1 heterocycles. The van der Waals surface area contributed by atoms with Gasteiger partial charge in [0.2, 0.25) is 0 Å². The first-order chi connectivity index (χ1) is 5.52. The summed E-state index contributed by atoms with van der Waals surface area (Å²) in [4.78, 5) is 8.87. The lowest BCUT2D eigenvalue weighted by atomic mass is 10.4. The van der Waals surface area contributed by atoms with Crippen LogP contribution in [0.3, 0.4) is 0 Å². The zero-order chi connectivity index (χ0) is 9.30. The van der Waals surface area contributed by atoms with Crippen molar-refractivity contribution in [1.82, 2.24) is 0 Å². The minimum Gasteiger partial charge on any atom is -0.258 e. The number of thiophene rings is 1. The molecule has 0 amide bonds. The number of alkyl halides is 2. The van der Waals surface area contributed by atoms with Gasteiger partial charge in [-0.1, -0.05) is 0 Å². The van der Waals surface area contributed by atoms with E-state index in [1.165, 1.54) is 0 Å². The van der Waals surface area contributed by atoms with Gasteiger partial charge in [0.25, 0.3) is 12.1 Å². The van der Waals surface area contributed by atoms with Gasteiger partial charge in [0.05, 0.1) is 8.71 Å². The molecule has 66 valence electrons. The van der Waals surface area contributed by atoms with E-state index in [1.807, 2.05) is 0 Å². The Bertz CT molecular complexity index is 314. The average molecular weight is 258 g/mol. The van der Waals surface area contributed by atoms with Gasteiger partial charge in [-0.25, -0.2) is 8.78 Å². The van der Waals surface area contributed by atoms with Gasteiger partial charge in [0.1, 0.15) is 4.88 Å². The molecule has 0 fully saturated rings.